The molecule has 4 nitrogen and oxygen atoms in total. The number of hydrogen-bond donors (Lipinski definition) is 1. The number of thioether (sulfide) groups is 1. The van der Waals surface area contributed by atoms with Crippen molar-refractivity contribution in [3.63, 3.8) is 0 Å². The van der Waals surface area contributed by atoms with Gasteiger partial charge in [-0.2, -0.15) is 0 Å². The molecule has 1 aromatic heterocycles. The van der Waals surface area contributed by atoms with E-state index in [1.165, 1.54) is 4.88 Å². The second-order valence-corrected chi connectivity index (χ2v) is 9.39. The fourth-order valence-electron chi connectivity index (χ4n) is 4.37. The molecule has 0 amide bonds. The van der Waals surface area contributed by atoms with E-state index in [2.05, 4.69) is 16.8 Å². The van der Waals surface area contributed by atoms with Crippen molar-refractivity contribution in [1.29, 1.82) is 0 Å². The van der Waals surface area contributed by atoms with Crippen LogP contribution in [0.15, 0.2) is 69.2 Å². The third-order valence-electron chi connectivity index (χ3n) is 5.72. The summed E-state index contributed by atoms with van der Waals surface area (Å²) < 4.78 is 5.37. The van der Waals surface area contributed by atoms with Gasteiger partial charge >= 0.3 is 5.97 Å². The lowest BCUT2D eigenvalue weighted by molar-refractivity contribution is -0.138. The highest BCUT2D eigenvalue weighted by Crippen LogP contribution is 2.46. The summed E-state index contributed by atoms with van der Waals surface area (Å²) in [5.41, 5.74) is 3.91. The fraction of sp³-hybridized carbons (Fsp3) is 0.333. The fourth-order valence-corrected chi connectivity index (χ4v) is 5.61. The summed E-state index contributed by atoms with van der Waals surface area (Å²) in [7, 11) is 0. The Bertz CT molecular complexity index is 1020. The van der Waals surface area contributed by atoms with Crippen LogP contribution in [0.1, 0.15) is 49.0 Å². The number of rotatable bonds is 5. The minimum atomic E-state index is -0.395. The molecule has 6 heteroatoms. The third-order valence-corrected chi connectivity index (χ3v) is 7.50. The number of nitrogens with one attached hydrogen (secondary N) is 1. The first kappa shape index (κ1) is 20.9. The Morgan fingerprint density at radius 3 is 2.63 bits per heavy atom. The molecule has 0 fully saturated rings. The van der Waals surface area contributed by atoms with Gasteiger partial charge < -0.3 is 10.1 Å². The number of thiophene rings is 1. The first-order chi connectivity index (χ1) is 14.5. The van der Waals surface area contributed by atoms with Crippen molar-refractivity contribution < 1.29 is 14.3 Å². The number of carbonyl (C=O) groups excluding carboxylic acids is 2. The van der Waals surface area contributed by atoms with Crippen molar-refractivity contribution in [2.24, 2.45) is 0 Å². The lowest BCUT2D eigenvalue weighted by Crippen LogP contribution is -2.36. The lowest BCUT2D eigenvalue weighted by atomic mass is 9.72. The maximum atomic E-state index is 13.4. The van der Waals surface area contributed by atoms with E-state index in [0.717, 1.165) is 28.3 Å². The quantitative estimate of drug-likeness (QED) is 0.500. The minimum Gasteiger partial charge on any atom is -0.463 e. The van der Waals surface area contributed by atoms with Gasteiger partial charge in [0.15, 0.2) is 5.78 Å². The second-order valence-electron chi connectivity index (χ2n) is 7.53. The Kier molecular flexibility index (Phi) is 6.16. The predicted molar refractivity (Wildman–Crippen MR) is 122 cm³/mol. The van der Waals surface area contributed by atoms with E-state index in [-0.39, 0.29) is 17.7 Å². The molecule has 0 saturated heterocycles. The zero-order valence-corrected chi connectivity index (χ0v) is 19.0. The van der Waals surface area contributed by atoms with Gasteiger partial charge in [0.2, 0.25) is 0 Å². The second kappa shape index (κ2) is 8.82. The number of Topliss-reactive ketones (excluding diaryl/α,β-unsaturated/α-hetero) is 1. The van der Waals surface area contributed by atoms with Crippen LogP contribution in [-0.4, -0.2) is 24.6 Å². The normalized spacial score (nSPS) is 21.4. The Hall–Kier alpha value is -2.31. The predicted octanol–water partition coefficient (Wildman–Crippen LogP) is 5.39. The van der Waals surface area contributed by atoms with Gasteiger partial charge in [-0.3, -0.25) is 4.79 Å². The van der Waals surface area contributed by atoms with Crippen molar-refractivity contribution >= 4 is 34.9 Å². The Labute approximate surface area is 185 Å². The zero-order valence-electron chi connectivity index (χ0n) is 17.4. The van der Waals surface area contributed by atoms with Crippen molar-refractivity contribution in [3.8, 4) is 0 Å². The molecule has 2 heterocycles. The van der Waals surface area contributed by atoms with Gasteiger partial charge in [0.1, 0.15) is 0 Å². The molecule has 1 aliphatic heterocycles. The standard InChI is InChI=1S/C24H25NO3S2/c1-4-28-24(27)21-14(2)25-18-12-16(20-6-5-11-30-20)13-19(26)23(18)22(21)15-7-9-17(29-3)10-8-15/h5-11,16,22,25H,4,12-13H2,1-3H3/t16-,22+/m1/s1. The van der Waals surface area contributed by atoms with Crippen LogP contribution >= 0.6 is 23.1 Å². The first-order valence-electron chi connectivity index (χ1n) is 10.1. The van der Waals surface area contributed by atoms with Crippen LogP contribution < -0.4 is 5.32 Å². The molecule has 4 rings (SSSR count). The molecule has 2 aromatic rings. The van der Waals surface area contributed by atoms with Crippen molar-refractivity contribution in [2.45, 2.75) is 43.4 Å². The van der Waals surface area contributed by atoms with E-state index < -0.39 is 5.92 Å². The molecule has 1 N–H and O–H groups in total. The number of hydrogen-bond acceptors (Lipinski definition) is 6. The van der Waals surface area contributed by atoms with Gasteiger partial charge in [0, 0.05) is 45.0 Å². The zero-order chi connectivity index (χ0) is 21.3. The molecular formula is C24H25NO3S2. The smallest absolute Gasteiger partial charge is 0.336 e. The molecule has 0 unspecified atom stereocenters. The highest BCUT2D eigenvalue weighted by Gasteiger charge is 2.41. The maximum Gasteiger partial charge on any atom is 0.336 e. The van der Waals surface area contributed by atoms with Crippen LogP contribution in [0.4, 0.5) is 0 Å². The van der Waals surface area contributed by atoms with Crippen LogP contribution in [0, 0.1) is 0 Å². The summed E-state index contributed by atoms with van der Waals surface area (Å²) in [5.74, 6) is -0.468. The Balaban J connectivity index is 1.80. The average molecular weight is 440 g/mol. The average Bonchev–Trinajstić information content (AvgIpc) is 3.28. The van der Waals surface area contributed by atoms with Crippen LogP contribution in [0.3, 0.4) is 0 Å². The topological polar surface area (TPSA) is 55.4 Å². The van der Waals surface area contributed by atoms with Gasteiger partial charge in [-0.1, -0.05) is 18.2 Å². The molecule has 1 aromatic carbocycles. The van der Waals surface area contributed by atoms with Crippen molar-refractivity contribution in [3.05, 3.63) is 74.8 Å². The molecule has 0 saturated carbocycles. The van der Waals surface area contributed by atoms with Gasteiger partial charge in [-0.05, 0) is 55.7 Å². The van der Waals surface area contributed by atoms with E-state index >= 15 is 0 Å². The first-order valence-corrected chi connectivity index (χ1v) is 12.2. The van der Waals surface area contributed by atoms with Gasteiger partial charge in [-0.25, -0.2) is 4.79 Å². The number of benzene rings is 1. The highest BCUT2D eigenvalue weighted by molar-refractivity contribution is 7.98. The highest BCUT2D eigenvalue weighted by atomic mass is 32.2. The third kappa shape index (κ3) is 3.86. The number of ketones is 1. The van der Waals surface area contributed by atoms with E-state index in [1.54, 1.807) is 30.0 Å². The summed E-state index contributed by atoms with van der Waals surface area (Å²) in [6, 6.07) is 12.3. The number of dihydropyridines is 1. The van der Waals surface area contributed by atoms with Crippen LogP contribution in [0.2, 0.25) is 0 Å². The molecule has 156 valence electrons. The summed E-state index contributed by atoms with van der Waals surface area (Å²) in [5, 5.41) is 5.44. The van der Waals surface area contributed by atoms with Gasteiger partial charge in [-0.15, -0.1) is 23.1 Å². The molecule has 2 aliphatic rings. The van der Waals surface area contributed by atoms with Crippen LogP contribution in [0.25, 0.3) is 0 Å². The van der Waals surface area contributed by atoms with E-state index in [4.69, 9.17) is 4.74 Å². The molecule has 0 bridgehead atoms. The largest absolute Gasteiger partial charge is 0.463 e. The maximum absolute atomic E-state index is 13.4. The molecule has 0 radical (unpaired) electrons. The number of esters is 1. The SMILES string of the molecule is CCOC(=O)C1=C(C)NC2=C(C(=O)C[C@H](c3cccs3)C2)[C@H]1c1ccc(SC)cc1. The van der Waals surface area contributed by atoms with Gasteiger partial charge in [0.25, 0.3) is 0 Å². The number of allylic oxidation sites excluding steroid dienone is 3. The van der Waals surface area contributed by atoms with Gasteiger partial charge in [0.05, 0.1) is 12.2 Å². The van der Waals surface area contributed by atoms with Crippen LogP contribution in [-0.2, 0) is 14.3 Å². The number of ether oxygens (including phenoxy) is 1. The van der Waals surface area contributed by atoms with Crippen molar-refractivity contribution in [2.75, 3.05) is 12.9 Å². The van der Waals surface area contributed by atoms with E-state index in [9.17, 15) is 9.59 Å². The van der Waals surface area contributed by atoms with Crippen LogP contribution in [0.5, 0.6) is 0 Å². The molecule has 30 heavy (non-hydrogen) atoms. The molecular weight excluding hydrogens is 414 g/mol. The number of carbonyl (C=O) groups is 2. The monoisotopic (exact) mass is 439 g/mol. The molecule has 2 atom stereocenters. The minimum absolute atomic E-state index is 0.107. The van der Waals surface area contributed by atoms with E-state index in [0.29, 0.717) is 24.2 Å². The summed E-state index contributed by atoms with van der Waals surface area (Å²) in [6.07, 6.45) is 3.27. The molecule has 1 aliphatic carbocycles. The van der Waals surface area contributed by atoms with E-state index in [1.807, 2.05) is 43.5 Å². The Morgan fingerprint density at radius 1 is 1.23 bits per heavy atom. The van der Waals surface area contributed by atoms with Crippen molar-refractivity contribution in [1.82, 2.24) is 5.32 Å². The lowest BCUT2D eigenvalue weighted by Gasteiger charge is -2.36. The summed E-state index contributed by atoms with van der Waals surface area (Å²) >= 11 is 3.36. The summed E-state index contributed by atoms with van der Waals surface area (Å²) in [6.45, 7) is 4.00. The summed E-state index contributed by atoms with van der Waals surface area (Å²) in [4.78, 5) is 28.7. The Morgan fingerprint density at radius 2 is 2.00 bits per heavy atom. The molecule has 0 spiro atoms.